The van der Waals surface area contributed by atoms with Gasteiger partial charge in [0.05, 0.1) is 17.9 Å². The molecule has 3 heteroatoms. The summed E-state index contributed by atoms with van der Waals surface area (Å²) in [6.07, 6.45) is 4.21. The van der Waals surface area contributed by atoms with Crippen LogP contribution >= 0.6 is 0 Å². The largest absolute Gasteiger partial charge is 0.378 e. The van der Waals surface area contributed by atoms with E-state index >= 15 is 0 Å². The highest BCUT2D eigenvalue weighted by Crippen LogP contribution is 2.32. The Morgan fingerprint density at radius 1 is 0.950 bits per heavy atom. The Morgan fingerprint density at radius 2 is 1.75 bits per heavy atom. The second-order valence-electron chi connectivity index (χ2n) is 4.88. The van der Waals surface area contributed by atoms with E-state index in [2.05, 4.69) is 36.4 Å². The molecule has 2 aromatic rings. The van der Waals surface area contributed by atoms with Gasteiger partial charge in [-0.25, -0.2) is 0 Å². The third-order valence-electron chi connectivity index (χ3n) is 3.63. The maximum Gasteiger partial charge on any atom is 0.148 e. The molecule has 2 aromatic carbocycles. The predicted octanol–water partition coefficient (Wildman–Crippen LogP) is 1.23. The first kappa shape index (κ1) is 11.3. The minimum absolute atomic E-state index is 0.397. The third-order valence-corrected chi connectivity index (χ3v) is 3.63. The summed E-state index contributed by atoms with van der Waals surface area (Å²) >= 11 is 0. The zero-order chi connectivity index (χ0) is 13.5. The minimum Gasteiger partial charge on any atom is -0.378 e. The SMILES string of the molecule is NCC1=CC2=c3ccccc3=Cc3ccccc3N2O1. The molecular weight excluding hydrogens is 248 g/mol. The third kappa shape index (κ3) is 1.57. The van der Waals surface area contributed by atoms with E-state index in [1.54, 1.807) is 0 Å². The zero-order valence-electron chi connectivity index (χ0n) is 10.9. The van der Waals surface area contributed by atoms with Crippen LogP contribution < -0.4 is 21.2 Å². The maximum absolute atomic E-state index is 5.89. The molecule has 0 aromatic heterocycles. The monoisotopic (exact) mass is 262 g/mol. The van der Waals surface area contributed by atoms with Crippen molar-refractivity contribution in [2.45, 2.75) is 0 Å². The molecule has 0 radical (unpaired) electrons. The molecule has 0 aliphatic carbocycles. The number of fused-ring (bicyclic) bond motifs is 4. The summed E-state index contributed by atoms with van der Waals surface area (Å²) in [6.45, 7) is 0.397. The summed E-state index contributed by atoms with van der Waals surface area (Å²) in [4.78, 5) is 5.89. The molecule has 3 nitrogen and oxygen atoms in total. The fourth-order valence-corrected chi connectivity index (χ4v) is 2.68. The van der Waals surface area contributed by atoms with Crippen molar-refractivity contribution in [1.82, 2.24) is 0 Å². The van der Waals surface area contributed by atoms with Gasteiger partial charge in [-0.3, -0.25) is 0 Å². The Labute approximate surface area is 116 Å². The van der Waals surface area contributed by atoms with E-state index in [0.29, 0.717) is 6.54 Å². The summed E-state index contributed by atoms with van der Waals surface area (Å²) in [7, 11) is 0. The van der Waals surface area contributed by atoms with E-state index in [9.17, 15) is 0 Å². The molecule has 98 valence electrons. The van der Waals surface area contributed by atoms with Crippen molar-refractivity contribution in [1.29, 1.82) is 0 Å². The molecule has 0 saturated carbocycles. The Bertz CT molecular complexity index is 836. The van der Waals surface area contributed by atoms with Crippen LogP contribution in [0.4, 0.5) is 5.69 Å². The smallest absolute Gasteiger partial charge is 0.148 e. The summed E-state index contributed by atoms with van der Waals surface area (Å²) in [5, 5.41) is 4.22. The molecular formula is C17H14N2O. The van der Waals surface area contributed by atoms with E-state index in [0.717, 1.165) is 27.9 Å². The molecule has 4 rings (SSSR count). The van der Waals surface area contributed by atoms with Crippen LogP contribution in [0.1, 0.15) is 5.56 Å². The van der Waals surface area contributed by atoms with Crippen LogP contribution in [-0.4, -0.2) is 6.54 Å². The lowest BCUT2D eigenvalue weighted by atomic mass is 10.1. The summed E-state index contributed by atoms with van der Waals surface area (Å²) in [6, 6.07) is 16.5. The second-order valence-corrected chi connectivity index (χ2v) is 4.88. The molecule has 0 atom stereocenters. The van der Waals surface area contributed by atoms with Crippen LogP contribution in [-0.2, 0) is 4.84 Å². The van der Waals surface area contributed by atoms with Gasteiger partial charge in [0.2, 0.25) is 0 Å². The molecule has 20 heavy (non-hydrogen) atoms. The zero-order valence-corrected chi connectivity index (χ0v) is 10.9. The van der Waals surface area contributed by atoms with Gasteiger partial charge in [-0.05, 0) is 17.4 Å². The van der Waals surface area contributed by atoms with E-state index in [4.69, 9.17) is 10.6 Å². The van der Waals surface area contributed by atoms with Crippen molar-refractivity contribution in [3.63, 3.8) is 0 Å². The number of nitrogens with two attached hydrogens (primary N) is 1. The van der Waals surface area contributed by atoms with Crippen molar-refractivity contribution >= 4 is 17.5 Å². The van der Waals surface area contributed by atoms with Gasteiger partial charge in [-0.1, -0.05) is 42.5 Å². The number of hydrogen-bond acceptors (Lipinski definition) is 3. The summed E-state index contributed by atoms with van der Waals surface area (Å²) in [5.41, 5.74) is 8.95. The molecule has 2 aliphatic heterocycles. The van der Waals surface area contributed by atoms with Crippen molar-refractivity contribution in [3.05, 3.63) is 76.4 Å². The lowest BCUT2D eigenvalue weighted by Crippen LogP contribution is -2.29. The van der Waals surface area contributed by atoms with Crippen molar-refractivity contribution < 1.29 is 4.84 Å². The highest BCUT2D eigenvalue weighted by atomic mass is 16.7. The Kier molecular flexibility index (Phi) is 2.41. The van der Waals surface area contributed by atoms with Gasteiger partial charge in [0.25, 0.3) is 0 Å². The number of hydrogen-bond donors (Lipinski definition) is 1. The highest BCUT2D eigenvalue weighted by molar-refractivity contribution is 5.82. The molecule has 0 unspecified atom stereocenters. The molecule has 2 N–H and O–H groups in total. The molecule has 0 spiro atoms. The van der Waals surface area contributed by atoms with Gasteiger partial charge in [-0.2, -0.15) is 5.06 Å². The number of hydroxylamine groups is 1. The minimum atomic E-state index is 0.397. The van der Waals surface area contributed by atoms with Gasteiger partial charge < -0.3 is 10.6 Å². The van der Waals surface area contributed by atoms with Crippen molar-refractivity contribution in [2.75, 3.05) is 11.6 Å². The fourth-order valence-electron chi connectivity index (χ4n) is 2.68. The van der Waals surface area contributed by atoms with Crippen LogP contribution in [0, 0.1) is 0 Å². The van der Waals surface area contributed by atoms with Crippen LogP contribution in [0.5, 0.6) is 0 Å². The van der Waals surface area contributed by atoms with E-state index in [-0.39, 0.29) is 0 Å². The van der Waals surface area contributed by atoms with Gasteiger partial charge in [-0.15, -0.1) is 0 Å². The Hall–Kier alpha value is -2.52. The average Bonchev–Trinajstić information content (AvgIpc) is 2.87. The van der Waals surface area contributed by atoms with Crippen molar-refractivity contribution in [3.8, 4) is 0 Å². The van der Waals surface area contributed by atoms with Gasteiger partial charge in [0, 0.05) is 16.9 Å². The number of nitrogens with zero attached hydrogens (tertiary/aromatic N) is 1. The predicted molar refractivity (Wildman–Crippen MR) is 79.8 cm³/mol. The summed E-state index contributed by atoms with van der Waals surface area (Å²) in [5.74, 6) is 0.784. The number of para-hydroxylation sites is 1. The lowest BCUT2D eigenvalue weighted by Gasteiger charge is -2.20. The summed E-state index contributed by atoms with van der Waals surface area (Å²) < 4.78 is 0. The van der Waals surface area contributed by atoms with Gasteiger partial charge in [0.1, 0.15) is 5.76 Å². The number of rotatable bonds is 1. The Balaban J connectivity index is 2.12. The quantitative estimate of drug-likeness (QED) is 0.840. The normalized spacial score (nSPS) is 15.3. The molecule has 2 aliphatic rings. The highest BCUT2D eigenvalue weighted by Gasteiger charge is 2.25. The lowest BCUT2D eigenvalue weighted by molar-refractivity contribution is 0.230. The molecule has 0 bridgehead atoms. The van der Waals surface area contributed by atoms with Crippen LogP contribution in [0.2, 0.25) is 0 Å². The molecule has 0 saturated heterocycles. The first-order valence-corrected chi connectivity index (χ1v) is 6.66. The topological polar surface area (TPSA) is 38.5 Å². The number of anilines is 1. The maximum atomic E-state index is 5.89. The van der Waals surface area contributed by atoms with Crippen LogP contribution in [0.15, 0.2) is 60.4 Å². The van der Waals surface area contributed by atoms with E-state index in [1.165, 1.54) is 5.22 Å². The van der Waals surface area contributed by atoms with Crippen LogP contribution in [0.3, 0.4) is 0 Å². The molecule has 0 amide bonds. The van der Waals surface area contributed by atoms with E-state index in [1.807, 2.05) is 29.3 Å². The average molecular weight is 262 g/mol. The molecule has 2 heterocycles. The first-order chi connectivity index (χ1) is 9.86. The number of benzene rings is 2. The fraction of sp³-hybridized carbons (Fsp3) is 0.0588. The van der Waals surface area contributed by atoms with E-state index < -0.39 is 0 Å². The van der Waals surface area contributed by atoms with Crippen LogP contribution in [0.25, 0.3) is 11.8 Å². The first-order valence-electron chi connectivity index (χ1n) is 6.66. The van der Waals surface area contributed by atoms with Gasteiger partial charge in [0.15, 0.2) is 0 Å². The van der Waals surface area contributed by atoms with Crippen molar-refractivity contribution in [2.24, 2.45) is 5.73 Å². The second kappa shape index (κ2) is 4.25. The standard InChI is InChI=1S/C17H14N2O/c18-11-14-10-17-15-7-3-1-5-12(15)9-13-6-2-4-8-16(13)19(17)20-14/h1-10H,11,18H2. The van der Waals surface area contributed by atoms with Gasteiger partial charge >= 0.3 is 0 Å². The molecule has 0 fully saturated rings. The Morgan fingerprint density at radius 3 is 2.65 bits per heavy atom.